The Morgan fingerprint density at radius 3 is 3.08 bits per heavy atom. The maximum absolute atomic E-state index is 8.56. The Balaban J connectivity index is 2.77. The molecule has 0 saturated carbocycles. The van der Waals surface area contributed by atoms with Crippen molar-refractivity contribution in [2.45, 2.75) is 0 Å². The number of nitrogens with zero attached hydrogens (tertiary/aromatic N) is 2. The largest absolute Gasteiger partial charge is 0.424 e. The third-order valence-electron chi connectivity index (χ3n) is 1.53. The highest BCUT2D eigenvalue weighted by Crippen LogP contribution is 2.17. The summed E-state index contributed by atoms with van der Waals surface area (Å²) in [6, 6.07) is 7.10. The van der Waals surface area contributed by atoms with Crippen molar-refractivity contribution in [3.63, 3.8) is 0 Å². The number of nitrogen functional groups attached to an aromatic ring is 1. The average Bonchev–Trinajstić information content (AvgIpc) is 2.43. The van der Waals surface area contributed by atoms with Crippen LogP contribution in [0.3, 0.4) is 0 Å². The van der Waals surface area contributed by atoms with Gasteiger partial charge in [0.1, 0.15) is 5.52 Å². The molecule has 0 amide bonds. The SMILES string of the molecule is N#Cc1ccc2oc(N)nc2c1. The zero-order valence-electron chi connectivity index (χ0n) is 6.11. The van der Waals surface area contributed by atoms with Crippen molar-refractivity contribution < 1.29 is 4.42 Å². The van der Waals surface area contributed by atoms with Crippen LogP contribution in [-0.4, -0.2) is 4.98 Å². The van der Waals surface area contributed by atoms with Crippen LogP contribution in [0.5, 0.6) is 0 Å². The van der Waals surface area contributed by atoms with Crippen molar-refractivity contribution >= 4 is 17.1 Å². The van der Waals surface area contributed by atoms with Gasteiger partial charge in [-0.2, -0.15) is 10.2 Å². The van der Waals surface area contributed by atoms with Crippen molar-refractivity contribution in [2.24, 2.45) is 0 Å². The van der Waals surface area contributed by atoms with Gasteiger partial charge in [0.2, 0.25) is 0 Å². The smallest absolute Gasteiger partial charge is 0.292 e. The van der Waals surface area contributed by atoms with E-state index in [0.717, 1.165) is 0 Å². The third-order valence-corrected chi connectivity index (χ3v) is 1.53. The van der Waals surface area contributed by atoms with Crippen LogP contribution in [0.25, 0.3) is 11.1 Å². The van der Waals surface area contributed by atoms with Gasteiger partial charge in [0.05, 0.1) is 11.6 Å². The topological polar surface area (TPSA) is 75.8 Å². The third kappa shape index (κ3) is 0.883. The van der Waals surface area contributed by atoms with E-state index in [4.69, 9.17) is 15.4 Å². The van der Waals surface area contributed by atoms with Crippen LogP contribution >= 0.6 is 0 Å². The molecule has 0 atom stereocenters. The van der Waals surface area contributed by atoms with E-state index in [2.05, 4.69) is 4.98 Å². The Hall–Kier alpha value is -2.02. The number of benzene rings is 1. The van der Waals surface area contributed by atoms with Crippen molar-refractivity contribution in [3.05, 3.63) is 23.8 Å². The van der Waals surface area contributed by atoms with Gasteiger partial charge in [-0.15, -0.1) is 0 Å². The number of rotatable bonds is 0. The number of nitriles is 1. The number of hydrogen-bond donors (Lipinski definition) is 1. The summed E-state index contributed by atoms with van der Waals surface area (Å²) < 4.78 is 5.02. The van der Waals surface area contributed by atoms with Crippen LogP contribution in [0.2, 0.25) is 0 Å². The minimum atomic E-state index is 0.125. The van der Waals surface area contributed by atoms with Gasteiger partial charge >= 0.3 is 0 Å². The number of nitrogens with two attached hydrogens (primary N) is 1. The first-order valence-corrected chi connectivity index (χ1v) is 3.36. The van der Waals surface area contributed by atoms with E-state index in [0.29, 0.717) is 16.7 Å². The van der Waals surface area contributed by atoms with E-state index >= 15 is 0 Å². The molecular weight excluding hydrogens is 154 g/mol. The average molecular weight is 159 g/mol. The molecule has 2 aromatic rings. The van der Waals surface area contributed by atoms with Gasteiger partial charge in [0.15, 0.2) is 5.58 Å². The van der Waals surface area contributed by atoms with Crippen molar-refractivity contribution in [1.29, 1.82) is 5.26 Å². The van der Waals surface area contributed by atoms with E-state index in [-0.39, 0.29) is 6.01 Å². The van der Waals surface area contributed by atoms with E-state index in [1.54, 1.807) is 18.2 Å². The Morgan fingerprint density at radius 1 is 1.50 bits per heavy atom. The monoisotopic (exact) mass is 159 g/mol. The van der Waals surface area contributed by atoms with Crippen LogP contribution < -0.4 is 5.73 Å². The fourth-order valence-corrected chi connectivity index (χ4v) is 1.01. The summed E-state index contributed by atoms with van der Waals surface area (Å²) in [5.41, 5.74) is 7.09. The van der Waals surface area contributed by atoms with E-state index in [1.165, 1.54) is 0 Å². The summed E-state index contributed by atoms with van der Waals surface area (Å²) in [4.78, 5) is 3.88. The summed E-state index contributed by atoms with van der Waals surface area (Å²) in [7, 11) is 0. The highest BCUT2D eigenvalue weighted by Gasteiger charge is 2.02. The fourth-order valence-electron chi connectivity index (χ4n) is 1.01. The molecule has 0 aliphatic carbocycles. The molecule has 0 fully saturated rings. The maximum Gasteiger partial charge on any atom is 0.292 e. The molecule has 2 N–H and O–H groups in total. The van der Waals surface area contributed by atoms with Crippen LogP contribution in [0.1, 0.15) is 5.56 Å². The summed E-state index contributed by atoms with van der Waals surface area (Å²) in [6.45, 7) is 0. The second kappa shape index (κ2) is 2.24. The van der Waals surface area contributed by atoms with Gasteiger partial charge in [0.25, 0.3) is 6.01 Å². The lowest BCUT2D eigenvalue weighted by Crippen LogP contribution is -1.80. The summed E-state index contributed by atoms with van der Waals surface area (Å²) in [6.07, 6.45) is 0. The standard InChI is InChI=1S/C8H5N3O/c9-4-5-1-2-7-6(3-5)11-8(10)12-7/h1-3H,(H2,10,11). The van der Waals surface area contributed by atoms with E-state index in [1.807, 2.05) is 6.07 Å². The molecule has 2 rings (SSSR count). The van der Waals surface area contributed by atoms with Gasteiger partial charge < -0.3 is 10.2 Å². The second-order valence-electron chi connectivity index (χ2n) is 2.35. The van der Waals surface area contributed by atoms with Crippen molar-refractivity contribution in [2.75, 3.05) is 5.73 Å². The lowest BCUT2D eigenvalue weighted by Gasteiger charge is -1.85. The normalized spacial score (nSPS) is 9.92. The molecule has 0 bridgehead atoms. The van der Waals surface area contributed by atoms with Crippen LogP contribution in [0.15, 0.2) is 22.6 Å². The predicted octanol–water partition coefficient (Wildman–Crippen LogP) is 1.28. The highest BCUT2D eigenvalue weighted by atomic mass is 16.4. The molecule has 1 aromatic carbocycles. The molecule has 58 valence electrons. The van der Waals surface area contributed by atoms with Crippen LogP contribution in [0.4, 0.5) is 6.01 Å². The molecule has 0 aliphatic heterocycles. The molecule has 0 spiro atoms. The van der Waals surface area contributed by atoms with Gasteiger partial charge in [-0.25, -0.2) is 0 Å². The number of anilines is 1. The van der Waals surface area contributed by atoms with Crippen molar-refractivity contribution in [1.82, 2.24) is 4.98 Å². The summed E-state index contributed by atoms with van der Waals surface area (Å²) in [5.74, 6) is 0. The van der Waals surface area contributed by atoms with E-state index in [9.17, 15) is 0 Å². The number of oxazole rings is 1. The molecule has 4 nitrogen and oxygen atoms in total. The van der Waals surface area contributed by atoms with Crippen LogP contribution in [-0.2, 0) is 0 Å². The zero-order chi connectivity index (χ0) is 8.55. The zero-order valence-corrected chi connectivity index (χ0v) is 6.11. The van der Waals surface area contributed by atoms with Gasteiger partial charge in [-0.05, 0) is 18.2 Å². The molecule has 0 saturated heterocycles. The molecule has 4 heteroatoms. The highest BCUT2D eigenvalue weighted by molar-refractivity contribution is 5.75. The van der Waals surface area contributed by atoms with E-state index < -0.39 is 0 Å². The first-order chi connectivity index (χ1) is 5.79. The number of aromatic nitrogens is 1. The Labute approximate surface area is 68.2 Å². The molecule has 1 aromatic heterocycles. The van der Waals surface area contributed by atoms with Gasteiger partial charge in [-0.1, -0.05) is 0 Å². The summed E-state index contributed by atoms with van der Waals surface area (Å²) in [5, 5.41) is 8.56. The number of hydrogen-bond acceptors (Lipinski definition) is 4. The lowest BCUT2D eigenvalue weighted by molar-refractivity contribution is 0.626. The van der Waals surface area contributed by atoms with Gasteiger partial charge in [0, 0.05) is 0 Å². The van der Waals surface area contributed by atoms with Crippen LogP contribution in [0, 0.1) is 11.3 Å². The Morgan fingerprint density at radius 2 is 2.33 bits per heavy atom. The molecule has 1 heterocycles. The fraction of sp³-hybridized carbons (Fsp3) is 0. The molecule has 0 unspecified atom stereocenters. The molecule has 0 aliphatic rings. The minimum absolute atomic E-state index is 0.125. The lowest BCUT2D eigenvalue weighted by atomic mass is 10.2. The van der Waals surface area contributed by atoms with Crippen molar-refractivity contribution in [3.8, 4) is 6.07 Å². The Bertz CT molecular complexity index is 467. The second-order valence-corrected chi connectivity index (χ2v) is 2.35. The van der Waals surface area contributed by atoms with Gasteiger partial charge in [-0.3, -0.25) is 0 Å². The number of fused-ring (bicyclic) bond motifs is 1. The first-order valence-electron chi connectivity index (χ1n) is 3.36. The summed E-state index contributed by atoms with van der Waals surface area (Å²) >= 11 is 0. The first kappa shape index (κ1) is 6.68. The predicted molar refractivity (Wildman–Crippen MR) is 43.1 cm³/mol. The molecule has 0 radical (unpaired) electrons. The quantitative estimate of drug-likeness (QED) is 0.628. The minimum Gasteiger partial charge on any atom is -0.424 e. The molecule has 12 heavy (non-hydrogen) atoms. The maximum atomic E-state index is 8.56. The Kier molecular flexibility index (Phi) is 1.25. The molecular formula is C8H5N3O.